The number of carbonyl (C=O) groups excluding carboxylic acids is 1. The molecule has 1 fully saturated rings. The molecule has 1 aromatic carbocycles. The monoisotopic (exact) mass is 341 g/mol. The summed E-state index contributed by atoms with van der Waals surface area (Å²) in [6, 6.07) is 5.95. The summed E-state index contributed by atoms with van der Waals surface area (Å²) < 4.78 is 20.1. The first kappa shape index (κ1) is 17.0. The van der Waals surface area contributed by atoms with Crippen LogP contribution in [0.1, 0.15) is 31.0 Å². The number of halogens is 1. The highest BCUT2D eigenvalue weighted by Gasteiger charge is 2.23. The van der Waals surface area contributed by atoms with Crippen molar-refractivity contribution in [2.45, 2.75) is 32.2 Å². The van der Waals surface area contributed by atoms with Crippen molar-refractivity contribution < 1.29 is 13.9 Å². The van der Waals surface area contributed by atoms with Gasteiger partial charge in [0.05, 0.1) is 5.69 Å². The zero-order chi connectivity index (χ0) is 17.8. The maximum Gasteiger partial charge on any atom is 0.319 e. The van der Waals surface area contributed by atoms with Crippen LogP contribution in [0.15, 0.2) is 37.0 Å². The Kier molecular flexibility index (Phi) is 4.97. The van der Waals surface area contributed by atoms with E-state index in [4.69, 9.17) is 4.74 Å². The van der Waals surface area contributed by atoms with Crippen LogP contribution in [0.3, 0.4) is 0 Å². The van der Waals surface area contributed by atoms with E-state index in [1.165, 1.54) is 12.1 Å². The van der Waals surface area contributed by atoms with Gasteiger partial charge in [-0.15, -0.1) is 0 Å². The predicted molar refractivity (Wildman–Crippen MR) is 95.4 cm³/mol. The zero-order valence-corrected chi connectivity index (χ0v) is 14.0. The second-order valence-electron chi connectivity index (χ2n) is 5.85. The Balaban J connectivity index is 1.75. The van der Waals surface area contributed by atoms with Crippen LogP contribution in [0.2, 0.25) is 0 Å². The van der Waals surface area contributed by atoms with E-state index in [1.807, 2.05) is 6.92 Å². The number of nitrogens with zero attached hydrogens (tertiary/aromatic N) is 1. The molecule has 0 spiro atoms. The Morgan fingerprint density at radius 1 is 1.40 bits per heavy atom. The first-order valence-corrected chi connectivity index (χ1v) is 8.26. The number of nitrogens with one attached hydrogen (secondary N) is 2. The highest BCUT2D eigenvalue weighted by Crippen LogP contribution is 2.30. The molecule has 6 heteroatoms. The summed E-state index contributed by atoms with van der Waals surface area (Å²) in [5.74, 6) is 0.0748. The normalized spacial score (nSPS) is 13.2. The van der Waals surface area contributed by atoms with E-state index in [-0.39, 0.29) is 17.8 Å². The van der Waals surface area contributed by atoms with Crippen molar-refractivity contribution in [1.29, 1.82) is 0 Å². The van der Waals surface area contributed by atoms with Crippen molar-refractivity contribution in [3.8, 4) is 11.5 Å². The number of rotatable bonds is 6. The number of hydrogen-bond acceptors (Lipinski definition) is 3. The lowest BCUT2D eigenvalue weighted by molar-refractivity contribution is 0.251. The number of aromatic nitrogens is 1. The van der Waals surface area contributed by atoms with Gasteiger partial charge in [0.25, 0.3) is 0 Å². The van der Waals surface area contributed by atoms with E-state index < -0.39 is 5.82 Å². The van der Waals surface area contributed by atoms with Gasteiger partial charge < -0.3 is 15.4 Å². The molecular formula is C19H20FN3O2. The summed E-state index contributed by atoms with van der Waals surface area (Å²) >= 11 is 0. The van der Waals surface area contributed by atoms with E-state index in [0.717, 1.165) is 24.1 Å². The van der Waals surface area contributed by atoms with Gasteiger partial charge in [-0.2, -0.15) is 0 Å². The standard InChI is InChI=1S/C19H20FN3O2/c1-3-14-16(4-2)21-10-9-17(14)25-18-8-7-13(11-15(18)20)23-19(24)22-12-5-6-12/h4,7-12H,2-3,5-6H2,1H3,(H2,22,23,24). The molecule has 25 heavy (non-hydrogen) atoms. The molecule has 1 aliphatic carbocycles. The number of anilines is 1. The number of ether oxygens (including phenoxy) is 1. The second kappa shape index (κ2) is 7.34. The van der Waals surface area contributed by atoms with Crippen LogP contribution in [0.4, 0.5) is 14.9 Å². The largest absolute Gasteiger partial charge is 0.454 e. The number of amides is 2. The van der Waals surface area contributed by atoms with Crippen molar-refractivity contribution in [3.63, 3.8) is 0 Å². The molecule has 0 atom stereocenters. The van der Waals surface area contributed by atoms with Gasteiger partial charge in [-0.1, -0.05) is 13.5 Å². The highest BCUT2D eigenvalue weighted by atomic mass is 19.1. The van der Waals surface area contributed by atoms with E-state index in [1.54, 1.807) is 24.4 Å². The van der Waals surface area contributed by atoms with Crippen LogP contribution < -0.4 is 15.4 Å². The van der Waals surface area contributed by atoms with Crippen LogP contribution in [0.25, 0.3) is 6.08 Å². The Morgan fingerprint density at radius 3 is 2.84 bits per heavy atom. The van der Waals surface area contributed by atoms with E-state index in [2.05, 4.69) is 22.2 Å². The summed E-state index contributed by atoms with van der Waals surface area (Å²) in [4.78, 5) is 15.9. The minimum atomic E-state index is -0.553. The Labute approximate surface area is 145 Å². The molecule has 130 valence electrons. The average molecular weight is 341 g/mol. The molecular weight excluding hydrogens is 321 g/mol. The minimum absolute atomic E-state index is 0.0871. The van der Waals surface area contributed by atoms with Crippen LogP contribution >= 0.6 is 0 Å². The second-order valence-corrected chi connectivity index (χ2v) is 5.85. The lowest BCUT2D eigenvalue weighted by Gasteiger charge is -2.13. The third kappa shape index (κ3) is 4.15. The molecule has 5 nitrogen and oxygen atoms in total. The fourth-order valence-electron chi connectivity index (χ4n) is 2.48. The lowest BCUT2D eigenvalue weighted by atomic mass is 10.1. The average Bonchev–Trinajstić information content (AvgIpc) is 3.40. The van der Waals surface area contributed by atoms with Crippen molar-refractivity contribution in [3.05, 3.63) is 54.1 Å². The van der Waals surface area contributed by atoms with Crippen LogP contribution in [0, 0.1) is 5.82 Å². The number of pyridine rings is 1. The highest BCUT2D eigenvalue weighted by molar-refractivity contribution is 5.89. The molecule has 0 bridgehead atoms. The summed E-state index contributed by atoms with van der Waals surface area (Å²) in [7, 11) is 0. The molecule has 1 heterocycles. The van der Waals surface area contributed by atoms with E-state index in [0.29, 0.717) is 17.9 Å². The minimum Gasteiger partial charge on any atom is -0.454 e. The van der Waals surface area contributed by atoms with Gasteiger partial charge in [0.2, 0.25) is 0 Å². The first-order valence-electron chi connectivity index (χ1n) is 8.26. The topological polar surface area (TPSA) is 63.2 Å². The molecule has 1 aliphatic rings. The summed E-state index contributed by atoms with van der Waals surface area (Å²) in [6.45, 7) is 5.70. The van der Waals surface area contributed by atoms with Gasteiger partial charge in [-0.3, -0.25) is 4.98 Å². The van der Waals surface area contributed by atoms with Gasteiger partial charge in [0.15, 0.2) is 11.6 Å². The molecule has 2 aromatic rings. The van der Waals surface area contributed by atoms with E-state index in [9.17, 15) is 9.18 Å². The first-order chi connectivity index (χ1) is 12.1. The molecule has 0 radical (unpaired) electrons. The molecule has 0 unspecified atom stereocenters. The summed E-state index contributed by atoms with van der Waals surface area (Å²) in [5.41, 5.74) is 1.96. The lowest BCUT2D eigenvalue weighted by Crippen LogP contribution is -2.30. The molecule has 0 saturated heterocycles. The SMILES string of the molecule is C=Cc1nccc(Oc2ccc(NC(=O)NC3CC3)cc2F)c1CC. The number of urea groups is 1. The number of hydrogen-bond donors (Lipinski definition) is 2. The maximum absolute atomic E-state index is 14.3. The van der Waals surface area contributed by atoms with Gasteiger partial charge in [0, 0.05) is 29.6 Å². The number of benzene rings is 1. The fraction of sp³-hybridized carbons (Fsp3) is 0.263. The smallest absolute Gasteiger partial charge is 0.319 e. The van der Waals surface area contributed by atoms with Crippen molar-refractivity contribution in [1.82, 2.24) is 10.3 Å². The Hall–Kier alpha value is -2.89. The quantitative estimate of drug-likeness (QED) is 0.813. The van der Waals surface area contributed by atoms with E-state index >= 15 is 0 Å². The van der Waals surface area contributed by atoms with Gasteiger partial charge in [-0.25, -0.2) is 9.18 Å². The fourth-order valence-corrected chi connectivity index (χ4v) is 2.48. The molecule has 1 aromatic heterocycles. The Bertz CT molecular complexity index is 803. The number of carbonyl (C=O) groups is 1. The molecule has 0 aliphatic heterocycles. The third-order valence-corrected chi connectivity index (χ3v) is 3.92. The molecule has 3 rings (SSSR count). The zero-order valence-electron chi connectivity index (χ0n) is 14.0. The van der Waals surface area contributed by atoms with Crippen molar-refractivity contribution >= 4 is 17.8 Å². The van der Waals surface area contributed by atoms with Gasteiger partial charge in [0.1, 0.15) is 5.75 Å². The van der Waals surface area contributed by atoms with Gasteiger partial charge >= 0.3 is 6.03 Å². The maximum atomic E-state index is 14.3. The summed E-state index contributed by atoms with van der Waals surface area (Å²) in [5, 5.41) is 5.40. The predicted octanol–water partition coefficient (Wildman–Crippen LogP) is 4.50. The molecule has 2 N–H and O–H groups in total. The van der Waals surface area contributed by atoms with Crippen LogP contribution in [0.5, 0.6) is 11.5 Å². The Morgan fingerprint density at radius 2 is 2.20 bits per heavy atom. The van der Waals surface area contributed by atoms with Crippen molar-refractivity contribution in [2.75, 3.05) is 5.32 Å². The molecule has 2 amide bonds. The van der Waals surface area contributed by atoms with Gasteiger partial charge in [-0.05, 0) is 43.5 Å². The third-order valence-electron chi connectivity index (χ3n) is 3.92. The summed E-state index contributed by atoms with van der Waals surface area (Å²) in [6.07, 6.45) is 5.92. The molecule has 1 saturated carbocycles. The van der Waals surface area contributed by atoms with Crippen LogP contribution in [-0.4, -0.2) is 17.1 Å². The van der Waals surface area contributed by atoms with Crippen molar-refractivity contribution in [2.24, 2.45) is 0 Å². The van der Waals surface area contributed by atoms with Crippen LogP contribution in [-0.2, 0) is 6.42 Å².